The molecule has 19 aromatic rings. The first-order valence-electron chi connectivity index (χ1n) is 40.4. The van der Waals surface area contributed by atoms with Crippen LogP contribution < -0.4 is 9.80 Å². The summed E-state index contributed by atoms with van der Waals surface area (Å²) in [7, 11) is 0. The number of rotatable bonds is 15. The summed E-state index contributed by atoms with van der Waals surface area (Å²) < 4.78 is 0. The molecule has 2 nitrogen and oxygen atoms in total. The van der Waals surface area contributed by atoms with Crippen molar-refractivity contribution in [3.8, 4) is 100 Å². The van der Waals surface area contributed by atoms with Crippen molar-refractivity contribution in [2.24, 2.45) is 0 Å². The lowest BCUT2D eigenvalue weighted by atomic mass is 9.85. The average molecular weight is 1490 g/mol. The lowest BCUT2D eigenvalue weighted by molar-refractivity contribution is 0.590. The first-order valence-corrected chi connectivity index (χ1v) is 40.4. The van der Waals surface area contributed by atoms with Gasteiger partial charge in [-0.1, -0.05) is 406 Å². The third-order valence-electron chi connectivity index (χ3n) is 22.9. The molecule has 2 heteroatoms. The SMILES string of the molecule is CC(C)(C)c1cccc(-c2ccc(N(c3ccc(-c4ccc(-c5cccc6ccccc56)cc4)cc3)c3ccc(-c4ccc(-c5cccc6ccccc56)cc4)cc3)cc2)c1.CC(C)(C)c1cccc(-c2ccc(N(c3ccc(-c4ccc(-c5cccc6ccccc56)cc4)cc3)c3ccc(-c4cccc5ccccc45)cc3)cc2)c1. The van der Waals surface area contributed by atoms with Gasteiger partial charge in [0.1, 0.15) is 0 Å². The van der Waals surface area contributed by atoms with Gasteiger partial charge in [0.25, 0.3) is 0 Å². The molecular formula is C114H90N2. The minimum absolute atomic E-state index is 0.0860. The minimum atomic E-state index is 0.0860. The van der Waals surface area contributed by atoms with Gasteiger partial charge in [0.05, 0.1) is 0 Å². The Morgan fingerprint density at radius 1 is 0.147 bits per heavy atom. The molecule has 0 aliphatic rings. The van der Waals surface area contributed by atoms with Gasteiger partial charge in [0, 0.05) is 34.1 Å². The zero-order valence-corrected chi connectivity index (χ0v) is 66.5. The zero-order valence-electron chi connectivity index (χ0n) is 66.5. The van der Waals surface area contributed by atoms with E-state index in [4.69, 9.17) is 0 Å². The molecule has 116 heavy (non-hydrogen) atoms. The molecule has 0 heterocycles. The topological polar surface area (TPSA) is 6.48 Å². The van der Waals surface area contributed by atoms with Crippen LogP contribution in [0.25, 0.3) is 143 Å². The van der Waals surface area contributed by atoms with Gasteiger partial charge in [-0.05, 0) is 238 Å². The van der Waals surface area contributed by atoms with E-state index in [1.165, 1.54) is 154 Å². The van der Waals surface area contributed by atoms with E-state index in [0.29, 0.717) is 0 Å². The molecule has 0 spiro atoms. The summed E-state index contributed by atoms with van der Waals surface area (Å²) >= 11 is 0. The second kappa shape index (κ2) is 31.8. The fourth-order valence-electron chi connectivity index (χ4n) is 16.5. The van der Waals surface area contributed by atoms with Crippen molar-refractivity contribution in [1.82, 2.24) is 0 Å². The van der Waals surface area contributed by atoms with E-state index in [9.17, 15) is 0 Å². The lowest BCUT2D eigenvalue weighted by Crippen LogP contribution is -2.11. The molecule has 0 aliphatic heterocycles. The average Bonchev–Trinajstić information content (AvgIpc) is 0.808. The van der Waals surface area contributed by atoms with Gasteiger partial charge < -0.3 is 9.80 Å². The molecule has 0 amide bonds. The van der Waals surface area contributed by atoms with Crippen molar-refractivity contribution in [3.63, 3.8) is 0 Å². The smallest absolute Gasteiger partial charge is 0.0462 e. The van der Waals surface area contributed by atoms with Gasteiger partial charge >= 0.3 is 0 Å². The standard InChI is InChI=1S/C60H47N.C54H43N/c1-60(2,3)52-16-8-15-51(41-52)46-33-39-55(40-34-46)61(53-35-29-44(30-36-53)42-21-25-49(26-22-42)58-19-9-13-47-11-4-6-17-56(47)58)54-37-31-45(32-38-54)43-23-27-50(28-24-43)59-20-10-14-48-12-5-7-18-57(48)59;1-54(2,3)46-16-8-15-45(37-46)40-27-33-48(34-28-40)55(49-35-29-44(30-36-49)53-20-10-14-42-12-5-7-18-51(42)53)47-31-25-39(26-32-47)38-21-23-43(24-22-38)52-19-9-13-41-11-4-6-17-50(41)52/h4-41H,1-3H3;4-37H,1-3H3. The van der Waals surface area contributed by atoms with E-state index in [0.717, 1.165) is 34.1 Å². The maximum atomic E-state index is 2.36. The zero-order chi connectivity index (χ0) is 78.7. The Labute approximate surface area is 682 Å². The Morgan fingerprint density at radius 2 is 0.319 bits per heavy atom. The number of hydrogen-bond acceptors (Lipinski definition) is 2. The molecule has 556 valence electrons. The summed E-state index contributed by atoms with van der Waals surface area (Å²) in [5.74, 6) is 0. The molecule has 0 fully saturated rings. The molecule has 0 bridgehead atoms. The second-order valence-electron chi connectivity index (χ2n) is 32.5. The highest BCUT2D eigenvalue weighted by Crippen LogP contribution is 2.44. The van der Waals surface area contributed by atoms with Crippen molar-refractivity contribution in [1.29, 1.82) is 0 Å². The highest BCUT2D eigenvalue weighted by atomic mass is 15.1. The number of nitrogens with zero attached hydrogens (tertiary/aromatic N) is 2. The first kappa shape index (κ1) is 73.3. The lowest BCUT2D eigenvalue weighted by Gasteiger charge is -2.26. The summed E-state index contributed by atoms with van der Waals surface area (Å²) in [5.41, 5.74) is 31.4. The Morgan fingerprint density at radius 3 is 0.543 bits per heavy atom. The molecular weight excluding hydrogens is 1400 g/mol. The Kier molecular flexibility index (Phi) is 20.1. The van der Waals surface area contributed by atoms with Crippen molar-refractivity contribution < 1.29 is 0 Å². The quantitative estimate of drug-likeness (QED) is 0.101. The van der Waals surface area contributed by atoms with E-state index < -0.39 is 0 Å². The maximum absolute atomic E-state index is 2.36. The third-order valence-corrected chi connectivity index (χ3v) is 22.9. The van der Waals surface area contributed by atoms with Crippen LogP contribution in [-0.2, 0) is 10.8 Å². The van der Waals surface area contributed by atoms with Crippen LogP contribution in [0.2, 0.25) is 0 Å². The van der Waals surface area contributed by atoms with Gasteiger partial charge in [-0.15, -0.1) is 0 Å². The van der Waals surface area contributed by atoms with Gasteiger partial charge in [-0.25, -0.2) is 0 Å². The van der Waals surface area contributed by atoms with Crippen molar-refractivity contribution >= 4 is 77.2 Å². The molecule has 19 aromatic carbocycles. The monoisotopic (exact) mass is 1490 g/mol. The van der Waals surface area contributed by atoms with Crippen LogP contribution in [0, 0.1) is 0 Å². The summed E-state index contributed by atoms with van der Waals surface area (Å²) in [6, 6.07) is 159. The predicted molar refractivity (Wildman–Crippen MR) is 499 cm³/mol. The van der Waals surface area contributed by atoms with E-state index in [1.807, 2.05) is 0 Å². The van der Waals surface area contributed by atoms with Gasteiger partial charge in [-0.2, -0.15) is 0 Å². The molecule has 0 saturated heterocycles. The number of fused-ring (bicyclic) bond motifs is 4. The van der Waals surface area contributed by atoms with Crippen LogP contribution in [0.1, 0.15) is 52.7 Å². The molecule has 0 aromatic heterocycles. The van der Waals surface area contributed by atoms with Crippen LogP contribution in [0.5, 0.6) is 0 Å². The van der Waals surface area contributed by atoms with E-state index in [2.05, 4.69) is 488 Å². The van der Waals surface area contributed by atoms with E-state index in [-0.39, 0.29) is 10.8 Å². The van der Waals surface area contributed by atoms with E-state index in [1.54, 1.807) is 0 Å². The Hall–Kier alpha value is -14.2. The predicted octanol–water partition coefficient (Wildman–Crippen LogP) is 32.5. The largest absolute Gasteiger partial charge is 0.311 e. The fourth-order valence-corrected chi connectivity index (χ4v) is 16.5. The fraction of sp³-hybridized carbons (Fsp3) is 0.0702. The van der Waals surface area contributed by atoms with Crippen LogP contribution in [0.15, 0.2) is 437 Å². The number of hydrogen-bond donors (Lipinski definition) is 0. The second-order valence-corrected chi connectivity index (χ2v) is 32.5. The molecule has 0 atom stereocenters. The highest BCUT2D eigenvalue weighted by molar-refractivity contribution is 6.01. The van der Waals surface area contributed by atoms with Crippen molar-refractivity contribution in [2.75, 3.05) is 9.80 Å². The third kappa shape index (κ3) is 15.4. The van der Waals surface area contributed by atoms with Gasteiger partial charge in [0.15, 0.2) is 0 Å². The minimum Gasteiger partial charge on any atom is -0.311 e. The maximum Gasteiger partial charge on any atom is 0.0462 e. The van der Waals surface area contributed by atoms with Crippen LogP contribution in [-0.4, -0.2) is 0 Å². The Balaban J connectivity index is 0.000000161. The summed E-state index contributed by atoms with van der Waals surface area (Å²) in [6.07, 6.45) is 0. The highest BCUT2D eigenvalue weighted by Gasteiger charge is 2.21. The summed E-state index contributed by atoms with van der Waals surface area (Å²) in [4.78, 5) is 4.71. The molecule has 0 saturated carbocycles. The molecule has 0 unspecified atom stereocenters. The molecule has 19 rings (SSSR count). The van der Waals surface area contributed by atoms with Crippen molar-refractivity contribution in [3.05, 3.63) is 448 Å². The number of benzene rings is 19. The summed E-state index contributed by atoms with van der Waals surface area (Å²) in [5, 5.41) is 10.1. The first-order chi connectivity index (χ1) is 56.7. The van der Waals surface area contributed by atoms with Crippen molar-refractivity contribution in [2.45, 2.75) is 52.4 Å². The van der Waals surface area contributed by atoms with E-state index >= 15 is 0 Å². The molecule has 0 N–H and O–H groups in total. The Bertz CT molecular complexity index is 6500. The van der Waals surface area contributed by atoms with Gasteiger partial charge in [-0.3, -0.25) is 0 Å². The number of anilines is 6. The van der Waals surface area contributed by atoms with Gasteiger partial charge in [0.2, 0.25) is 0 Å². The normalized spacial score (nSPS) is 11.5. The van der Waals surface area contributed by atoms with Crippen LogP contribution in [0.3, 0.4) is 0 Å². The van der Waals surface area contributed by atoms with Crippen LogP contribution >= 0.6 is 0 Å². The molecule has 0 radical (unpaired) electrons. The molecule has 0 aliphatic carbocycles. The van der Waals surface area contributed by atoms with Crippen LogP contribution in [0.4, 0.5) is 34.1 Å². The summed E-state index contributed by atoms with van der Waals surface area (Å²) in [6.45, 7) is 13.6.